The number of aromatic nitrogens is 3. The molecule has 1 aliphatic heterocycles. The Labute approximate surface area is 250 Å². The SMILES string of the molecule is COc1ccc(-c2c(Cl)n(S(=O)(=O)c3ccc(C)cc3)c3ncc(-c4ccc(CN5CCCC(O)C5)cc4)cc23)cn1. The van der Waals surface area contributed by atoms with Crippen LogP contribution in [0.4, 0.5) is 0 Å². The highest BCUT2D eigenvalue weighted by atomic mass is 35.5. The van der Waals surface area contributed by atoms with Gasteiger partial charge in [-0.05, 0) is 61.7 Å². The third kappa shape index (κ3) is 5.41. The second-order valence-electron chi connectivity index (χ2n) is 10.7. The maximum absolute atomic E-state index is 13.9. The van der Waals surface area contributed by atoms with Crippen LogP contribution in [-0.4, -0.2) is 58.7 Å². The van der Waals surface area contributed by atoms with Crippen molar-refractivity contribution in [3.63, 3.8) is 0 Å². The van der Waals surface area contributed by atoms with E-state index in [1.165, 1.54) is 7.11 Å². The molecule has 42 heavy (non-hydrogen) atoms. The summed E-state index contributed by atoms with van der Waals surface area (Å²) in [5.41, 5.74) is 5.27. The third-order valence-electron chi connectivity index (χ3n) is 7.68. The van der Waals surface area contributed by atoms with Gasteiger partial charge in [0.25, 0.3) is 10.0 Å². The zero-order valence-corrected chi connectivity index (χ0v) is 24.9. The molecule has 0 radical (unpaired) electrons. The van der Waals surface area contributed by atoms with Gasteiger partial charge in [0, 0.05) is 53.6 Å². The van der Waals surface area contributed by atoms with E-state index >= 15 is 0 Å². The molecular formula is C32H31ClN4O4S. The van der Waals surface area contributed by atoms with E-state index in [1.807, 2.05) is 25.1 Å². The van der Waals surface area contributed by atoms with Crippen LogP contribution in [0.15, 0.2) is 84.0 Å². The van der Waals surface area contributed by atoms with Gasteiger partial charge in [0.2, 0.25) is 5.88 Å². The molecule has 3 aromatic heterocycles. The van der Waals surface area contributed by atoms with E-state index in [0.717, 1.165) is 52.2 Å². The molecule has 1 unspecified atom stereocenters. The minimum Gasteiger partial charge on any atom is -0.481 e. The average Bonchev–Trinajstić information content (AvgIpc) is 3.29. The summed E-state index contributed by atoms with van der Waals surface area (Å²) in [4.78, 5) is 11.4. The summed E-state index contributed by atoms with van der Waals surface area (Å²) in [6.07, 6.45) is 4.88. The Morgan fingerprint density at radius 3 is 2.36 bits per heavy atom. The smallest absolute Gasteiger partial charge is 0.270 e. The van der Waals surface area contributed by atoms with Crippen LogP contribution >= 0.6 is 11.6 Å². The van der Waals surface area contributed by atoms with Crippen LogP contribution in [0.5, 0.6) is 5.88 Å². The molecule has 1 fully saturated rings. The average molecular weight is 603 g/mol. The third-order valence-corrected chi connectivity index (χ3v) is 9.84. The number of aliphatic hydroxyl groups is 1. The number of benzene rings is 2. The number of aryl methyl sites for hydroxylation is 1. The van der Waals surface area contributed by atoms with Gasteiger partial charge in [-0.1, -0.05) is 53.6 Å². The highest BCUT2D eigenvalue weighted by Crippen LogP contribution is 2.41. The van der Waals surface area contributed by atoms with Crippen molar-refractivity contribution >= 4 is 32.7 Å². The lowest BCUT2D eigenvalue weighted by Gasteiger charge is -2.29. The van der Waals surface area contributed by atoms with E-state index in [4.69, 9.17) is 16.3 Å². The lowest BCUT2D eigenvalue weighted by atomic mass is 10.0. The molecule has 216 valence electrons. The van der Waals surface area contributed by atoms with Crippen molar-refractivity contribution in [1.82, 2.24) is 18.8 Å². The molecule has 1 atom stereocenters. The first-order valence-corrected chi connectivity index (χ1v) is 15.6. The number of methoxy groups -OCH3 is 1. The molecule has 0 aliphatic carbocycles. The number of hydrogen-bond acceptors (Lipinski definition) is 7. The normalized spacial score (nSPS) is 16.1. The number of halogens is 1. The molecule has 0 amide bonds. The standard InChI is InChI=1S/C32H31ClN4O4S/c1-21-5-12-27(13-6-21)42(39,40)37-31(33)30(24-11-14-29(41-2)34-17-24)28-16-25(18-35-32(28)37)23-9-7-22(8-10-23)19-36-15-3-4-26(38)20-36/h5-14,16-18,26,38H,3-4,15,19-20H2,1-2H3. The molecule has 1 N–H and O–H groups in total. The number of aliphatic hydroxyl groups excluding tert-OH is 1. The number of hydrogen-bond donors (Lipinski definition) is 1. The van der Waals surface area contributed by atoms with Crippen LogP contribution in [0.1, 0.15) is 24.0 Å². The fourth-order valence-electron chi connectivity index (χ4n) is 5.46. The minimum atomic E-state index is -4.06. The molecule has 0 saturated carbocycles. The number of fused-ring (bicyclic) bond motifs is 1. The molecule has 8 nitrogen and oxygen atoms in total. The molecule has 5 aromatic rings. The van der Waals surface area contributed by atoms with Crippen LogP contribution < -0.4 is 4.74 Å². The fourth-order valence-corrected chi connectivity index (χ4v) is 7.39. The van der Waals surface area contributed by atoms with Gasteiger partial charge in [-0.3, -0.25) is 4.90 Å². The molecule has 6 rings (SSSR count). The van der Waals surface area contributed by atoms with Crippen LogP contribution in [0.2, 0.25) is 5.15 Å². The minimum absolute atomic E-state index is 0.0289. The van der Waals surface area contributed by atoms with Crippen molar-refractivity contribution in [3.05, 3.63) is 95.4 Å². The predicted molar refractivity (Wildman–Crippen MR) is 164 cm³/mol. The van der Waals surface area contributed by atoms with E-state index < -0.39 is 10.0 Å². The highest BCUT2D eigenvalue weighted by molar-refractivity contribution is 7.90. The van der Waals surface area contributed by atoms with E-state index in [-0.39, 0.29) is 21.8 Å². The van der Waals surface area contributed by atoms with Crippen molar-refractivity contribution in [2.75, 3.05) is 20.2 Å². The van der Waals surface area contributed by atoms with Gasteiger partial charge >= 0.3 is 0 Å². The van der Waals surface area contributed by atoms with Gasteiger partial charge in [-0.2, -0.15) is 0 Å². The Bertz CT molecular complexity index is 1840. The largest absolute Gasteiger partial charge is 0.481 e. The van der Waals surface area contributed by atoms with E-state index in [1.54, 1.807) is 48.8 Å². The number of likely N-dealkylation sites (tertiary alicyclic amines) is 1. The molecule has 4 heterocycles. The fraction of sp³-hybridized carbons (Fsp3) is 0.250. The Morgan fingerprint density at radius 2 is 1.69 bits per heavy atom. The maximum atomic E-state index is 13.9. The molecule has 1 saturated heterocycles. The maximum Gasteiger partial charge on any atom is 0.270 e. The lowest BCUT2D eigenvalue weighted by Crippen LogP contribution is -2.37. The molecule has 0 spiro atoms. The molecule has 1 aliphatic rings. The number of piperidine rings is 1. The van der Waals surface area contributed by atoms with E-state index in [2.05, 4.69) is 27.0 Å². The first-order chi connectivity index (χ1) is 20.2. The van der Waals surface area contributed by atoms with Crippen molar-refractivity contribution in [3.8, 4) is 28.1 Å². The summed E-state index contributed by atoms with van der Waals surface area (Å²) in [5, 5.41) is 10.6. The van der Waals surface area contributed by atoms with Crippen molar-refractivity contribution < 1.29 is 18.3 Å². The van der Waals surface area contributed by atoms with E-state index in [9.17, 15) is 13.5 Å². The number of pyridine rings is 2. The predicted octanol–water partition coefficient (Wildman–Crippen LogP) is 5.93. The summed E-state index contributed by atoms with van der Waals surface area (Å²) in [5.74, 6) is 0.434. The Kier molecular flexibility index (Phi) is 7.76. The summed E-state index contributed by atoms with van der Waals surface area (Å²) in [6.45, 7) is 4.34. The first kappa shape index (κ1) is 28.4. The van der Waals surface area contributed by atoms with Gasteiger partial charge in [0.15, 0.2) is 5.65 Å². The number of nitrogens with zero attached hydrogens (tertiary/aromatic N) is 4. The topological polar surface area (TPSA) is 97.5 Å². The van der Waals surface area contributed by atoms with Crippen molar-refractivity contribution in [2.45, 2.75) is 37.3 Å². The summed E-state index contributed by atoms with van der Waals surface area (Å²) in [7, 11) is -2.53. The van der Waals surface area contributed by atoms with Gasteiger partial charge in [0.05, 0.1) is 18.1 Å². The van der Waals surface area contributed by atoms with E-state index in [0.29, 0.717) is 28.9 Å². The van der Waals surface area contributed by atoms with Crippen LogP contribution in [0, 0.1) is 6.92 Å². The molecule has 2 aromatic carbocycles. The van der Waals surface area contributed by atoms with Gasteiger partial charge < -0.3 is 9.84 Å². The van der Waals surface area contributed by atoms with Gasteiger partial charge in [0.1, 0.15) is 5.15 Å². The Hall–Kier alpha value is -3.76. The number of ether oxygens (including phenoxy) is 1. The van der Waals surface area contributed by atoms with Crippen LogP contribution in [0.25, 0.3) is 33.3 Å². The summed E-state index contributed by atoms with van der Waals surface area (Å²) in [6, 6.07) is 20.3. The van der Waals surface area contributed by atoms with Crippen molar-refractivity contribution in [2.24, 2.45) is 0 Å². The quantitative estimate of drug-likeness (QED) is 0.247. The van der Waals surface area contributed by atoms with Gasteiger partial charge in [-0.25, -0.2) is 22.4 Å². The molecule has 0 bridgehead atoms. The second-order valence-corrected chi connectivity index (χ2v) is 12.8. The van der Waals surface area contributed by atoms with Crippen LogP contribution in [-0.2, 0) is 16.6 Å². The first-order valence-electron chi connectivity index (χ1n) is 13.8. The molecular weight excluding hydrogens is 572 g/mol. The van der Waals surface area contributed by atoms with Gasteiger partial charge in [-0.15, -0.1) is 0 Å². The zero-order chi connectivity index (χ0) is 29.4. The monoisotopic (exact) mass is 602 g/mol. The Balaban J connectivity index is 1.44. The zero-order valence-electron chi connectivity index (χ0n) is 23.4. The number of β-amino-alcohol motifs (C(OH)–C–C–N with tert-alkyl or cyclic N) is 1. The number of rotatable bonds is 7. The molecule has 10 heteroatoms. The van der Waals surface area contributed by atoms with Crippen molar-refractivity contribution in [1.29, 1.82) is 0 Å². The summed E-state index contributed by atoms with van der Waals surface area (Å²) >= 11 is 6.91. The lowest BCUT2D eigenvalue weighted by molar-refractivity contribution is 0.0668. The second kappa shape index (κ2) is 11.5. The van der Waals surface area contributed by atoms with Crippen LogP contribution in [0.3, 0.4) is 0 Å². The summed E-state index contributed by atoms with van der Waals surface area (Å²) < 4.78 is 34.1. The Morgan fingerprint density at radius 1 is 0.976 bits per heavy atom. The highest BCUT2D eigenvalue weighted by Gasteiger charge is 2.28.